The van der Waals surface area contributed by atoms with E-state index in [0.717, 1.165) is 11.3 Å². The lowest BCUT2D eigenvalue weighted by Gasteiger charge is -2.30. The van der Waals surface area contributed by atoms with Crippen LogP contribution in [0.15, 0.2) is 29.5 Å². The lowest BCUT2D eigenvalue weighted by molar-refractivity contribution is 0.102. The molecule has 6 nitrogen and oxygen atoms in total. The second kappa shape index (κ2) is 8.45. The Balaban J connectivity index is 1.80. The van der Waals surface area contributed by atoms with Gasteiger partial charge in [-0.15, -0.1) is 11.3 Å². The molecule has 140 valence electrons. The highest BCUT2D eigenvalue weighted by Crippen LogP contribution is 2.35. The summed E-state index contributed by atoms with van der Waals surface area (Å²) in [5, 5.41) is 3.21. The smallest absolute Gasteiger partial charge is 0.284 e. The number of nitrogens with one attached hydrogen (secondary N) is 1. The number of hydrogen-bond donors (Lipinski definition) is 2. The van der Waals surface area contributed by atoms with Gasteiger partial charge < -0.3 is 11.1 Å². The van der Waals surface area contributed by atoms with Gasteiger partial charge in [-0.25, -0.2) is 18.8 Å². The molecule has 0 fully saturated rings. The van der Waals surface area contributed by atoms with E-state index in [0.29, 0.717) is 33.6 Å². The van der Waals surface area contributed by atoms with Crippen molar-refractivity contribution >= 4 is 39.9 Å². The van der Waals surface area contributed by atoms with Crippen LogP contribution in [-0.4, -0.2) is 40.1 Å². The summed E-state index contributed by atoms with van der Waals surface area (Å²) in [6.45, 7) is -1.50. The maximum Gasteiger partial charge on any atom is 0.284 e. The summed E-state index contributed by atoms with van der Waals surface area (Å²) in [5.74, 6) is 5.05. The van der Waals surface area contributed by atoms with E-state index in [2.05, 4.69) is 32.1 Å². The van der Waals surface area contributed by atoms with Gasteiger partial charge in [0.2, 0.25) is 0 Å². The fourth-order valence-corrected chi connectivity index (χ4v) is 4.05. The number of aliphatic imine (C=N–C) groups is 1. The standard InChI is InChI=1S/C17H15F2N5OS2/c18-5-1-2-12-9-22-15(27-12)14(25)23-11-3-6-21-13(8-11)17(10-19)4-7-26-16(20)24-17/h3,6,8-9H,4-5,7,10H2,(H2,20,24)(H,21,23,25)/t17-/m1/s1. The highest BCUT2D eigenvalue weighted by atomic mass is 32.2. The predicted molar refractivity (Wildman–Crippen MR) is 104 cm³/mol. The number of thiazole rings is 1. The lowest BCUT2D eigenvalue weighted by Crippen LogP contribution is -2.34. The van der Waals surface area contributed by atoms with E-state index in [1.807, 2.05) is 0 Å². The molecule has 0 spiro atoms. The topological polar surface area (TPSA) is 93.3 Å². The molecule has 1 atom stereocenters. The molecule has 0 aliphatic carbocycles. The normalized spacial score (nSPS) is 19.0. The monoisotopic (exact) mass is 407 g/mol. The first-order chi connectivity index (χ1) is 13.1. The molecule has 1 aliphatic rings. The molecule has 3 heterocycles. The van der Waals surface area contributed by atoms with Crippen molar-refractivity contribution in [3.05, 3.63) is 40.1 Å². The van der Waals surface area contributed by atoms with Gasteiger partial charge in [-0.2, -0.15) is 0 Å². The first-order valence-electron chi connectivity index (χ1n) is 7.89. The quantitative estimate of drug-likeness (QED) is 0.760. The second-order valence-electron chi connectivity index (χ2n) is 5.56. The van der Waals surface area contributed by atoms with Crippen molar-refractivity contribution in [1.29, 1.82) is 0 Å². The third-order valence-corrected chi connectivity index (χ3v) is 5.49. The van der Waals surface area contributed by atoms with Crippen LogP contribution in [0.5, 0.6) is 0 Å². The molecular weight excluding hydrogens is 392 g/mol. The zero-order valence-corrected chi connectivity index (χ0v) is 15.7. The molecule has 0 unspecified atom stereocenters. The average molecular weight is 407 g/mol. The van der Waals surface area contributed by atoms with Gasteiger partial charge in [-0.3, -0.25) is 9.78 Å². The third kappa shape index (κ3) is 4.43. The van der Waals surface area contributed by atoms with Crippen LogP contribution in [0.4, 0.5) is 14.5 Å². The first-order valence-corrected chi connectivity index (χ1v) is 9.69. The number of rotatable bonds is 4. The zero-order chi connectivity index (χ0) is 19.3. The Morgan fingerprint density at radius 2 is 2.26 bits per heavy atom. The van der Waals surface area contributed by atoms with E-state index in [1.54, 1.807) is 12.1 Å². The fraction of sp³-hybridized carbons (Fsp3) is 0.294. The van der Waals surface area contributed by atoms with Crippen LogP contribution in [0.2, 0.25) is 0 Å². The molecule has 2 aromatic rings. The number of thioether (sulfide) groups is 1. The molecule has 27 heavy (non-hydrogen) atoms. The number of carbonyl (C=O) groups excluding carboxylic acids is 1. The van der Waals surface area contributed by atoms with Crippen LogP contribution < -0.4 is 11.1 Å². The van der Waals surface area contributed by atoms with Gasteiger partial charge in [0.15, 0.2) is 16.8 Å². The van der Waals surface area contributed by atoms with Crippen molar-refractivity contribution in [2.75, 3.05) is 24.4 Å². The van der Waals surface area contributed by atoms with E-state index in [9.17, 15) is 13.6 Å². The Morgan fingerprint density at radius 1 is 1.41 bits per heavy atom. The van der Waals surface area contributed by atoms with Gasteiger partial charge in [-0.1, -0.05) is 23.6 Å². The number of hydrogen-bond acceptors (Lipinski definition) is 7. The highest BCUT2D eigenvalue weighted by Gasteiger charge is 2.36. The van der Waals surface area contributed by atoms with E-state index in [4.69, 9.17) is 5.73 Å². The Kier molecular flexibility index (Phi) is 6.03. The number of carbonyl (C=O) groups is 1. The maximum absolute atomic E-state index is 13.8. The molecule has 1 aliphatic heterocycles. The number of amidine groups is 1. The van der Waals surface area contributed by atoms with Crippen molar-refractivity contribution in [1.82, 2.24) is 9.97 Å². The zero-order valence-electron chi connectivity index (χ0n) is 14.0. The maximum atomic E-state index is 13.8. The Hall–Kier alpha value is -2.51. The molecule has 0 radical (unpaired) electrons. The Bertz CT molecular complexity index is 937. The minimum atomic E-state index is -1.13. The summed E-state index contributed by atoms with van der Waals surface area (Å²) in [6.07, 6.45) is 3.35. The molecule has 2 aromatic heterocycles. The van der Waals surface area contributed by atoms with Gasteiger partial charge >= 0.3 is 0 Å². The fourth-order valence-electron chi connectivity index (χ4n) is 2.48. The number of anilines is 1. The second-order valence-corrected chi connectivity index (χ2v) is 7.71. The number of nitrogens with two attached hydrogens (primary N) is 1. The SMILES string of the molecule is NC1=N[C@](CF)(c2cc(NC(=O)c3ncc(C#CCF)s3)ccn2)CCS1. The van der Waals surface area contributed by atoms with Crippen molar-refractivity contribution in [3.8, 4) is 11.8 Å². The average Bonchev–Trinajstić information content (AvgIpc) is 3.15. The van der Waals surface area contributed by atoms with Gasteiger partial charge in [0.05, 0.1) is 16.8 Å². The minimum absolute atomic E-state index is 0.188. The van der Waals surface area contributed by atoms with E-state index < -0.39 is 24.8 Å². The highest BCUT2D eigenvalue weighted by molar-refractivity contribution is 8.13. The number of pyridine rings is 1. The van der Waals surface area contributed by atoms with Crippen molar-refractivity contribution in [2.45, 2.75) is 12.0 Å². The van der Waals surface area contributed by atoms with Crippen LogP contribution in [-0.2, 0) is 5.54 Å². The Labute approximate surface area is 162 Å². The van der Waals surface area contributed by atoms with Crippen LogP contribution >= 0.6 is 23.1 Å². The van der Waals surface area contributed by atoms with Crippen LogP contribution in [0.1, 0.15) is 26.8 Å². The molecule has 0 bridgehead atoms. The number of amides is 1. The van der Waals surface area contributed by atoms with E-state index >= 15 is 0 Å². The molecule has 1 amide bonds. The van der Waals surface area contributed by atoms with Crippen molar-refractivity contribution < 1.29 is 13.6 Å². The minimum Gasteiger partial charge on any atom is -0.379 e. The van der Waals surface area contributed by atoms with Crippen LogP contribution in [0.3, 0.4) is 0 Å². The molecule has 3 rings (SSSR count). The number of halogens is 2. The largest absolute Gasteiger partial charge is 0.379 e. The summed E-state index contributed by atoms with van der Waals surface area (Å²) >= 11 is 2.43. The lowest BCUT2D eigenvalue weighted by atomic mass is 9.93. The Morgan fingerprint density at radius 3 is 3.00 bits per heavy atom. The number of alkyl halides is 2. The van der Waals surface area contributed by atoms with Gasteiger partial charge in [0, 0.05) is 17.6 Å². The molecule has 0 saturated heterocycles. The number of aromatic nitrogens is 2. The summed E-state index contributed by atoms with van der Waals surface area (Å²) in [7, 11) is 0. The number of nitrogens with zero attached hydrogens (tertiary/aromatic N) is 3. The summed E-state index contributed by atoms with van der Waals surface area (Å²) in [6, 6.07) is 3.18. The van der Waals surface area contributed by atoms with Gasteiger partial charge in [0.25, 0.3) is 5.91 Å². The first kappa shape index (κ1) is 19.3. The van der Waals surface area contributed by atoms with Crippen molar-refractivity contribution in [2.24, 2.45) is 10.7 Å². The van der Waals surface area contributed by atoms with Gasteiger partial charge in [-0.05, 0) is 18.6 Å². The summed E-state index contributed by atoms with van der Waals surface area (Å²) < 4.78 is 25.9. The van der Waals surface area contributed by atoms with Crippen molar-refractivity contribution in [3.63, 3.8) is 0 Å². The van der Waals surface area contributed by atoms with E-state index in [1.165, 1.54) is 24.2 Å². The summed E-state index contributed by atoms with van der Waals surface area (Å²) in [5.41, 5.74) is 5.47. The van der Waals surface area contributed by atoms with Crippen LogP contribution in [0.25, 0.3) is 0 Å². The van der Waals surface area contributed by atoms with Gasteiger partial charge in [0.1, 0.15) is 12.2 Å². The third-order valence-electron chi connectivity index (χ3n) is 3.78. The molecule has 0 saturated carbocycles. The molecule has 0 aromatic carbocycles. The molecular formula is C17H15F2N5OS2. The predicted octanol–water partition coefficient (Wildman–Crippen LogP) is 2.73. The molecule has 10 heteroatoms. The molecule has 3 N–H and O–H groups in total. The van der Waals surface area contributed by atoms with Crippen LogP contribution in [0, 0.1) is 11.8 Å². The van der Waals surface area contributed by atoms with E-state index in [-0.39, 0.29) is 5.01 Å². The summed E-state index contributed by atoms with van der Waals surface area (Å²) in [4.78, 5) is 25.3.